The first-order valence-electron chi connectivity index (χ1n) is 11.3. The second-order valence-electron chi connectivity index (χ2n) is 8.30. The lowest BCUT2D eigenvalue weighted by Gasteiger charge is -2.35. The molecule has 2 aliphatic heterocycles. The molecule has 2 fully saturated rings. The number of hydrogen-bond donors (Lipinski definition) is 0. The third-order valence-electron chi connectivity index (χ3n) is 6.34. The molecule has 166 valence electrons. The molecule has 0 aliphatic carbocycles. The molecule has 2 aliphatic rings. The molecule has 0 unspecified atom stereocenters. The van der Waals surface area contributed by atoms with Crippen molar-refractivity contribution in [2.45, 2.75) is 50.6 Å². The van der Waals surface area contributed by atoms with Gasteiger partial charge in [-0.05, 0) is 50.2 Å². The van der Waals surface area contributed by atoms with Crippen LogP contribution in [0.3, 0.4) is 0 Å². The molecule has 3 heterocycles. The fourth-order valence-corrected chi connectivity index (χ4v) is 5.32. The van der Waals surface area contributed by atoms with Gasteiger partial charge in [-0.2, -0.15) is 0 Å². The standard InChI is InChI=1S/C23H31N5O2S/c1-2-18-8-4-5-9-20(18)28-17-24-25-23(28)31-16-21(29)26-14-10-19(11-15-26)22(30)27-12-6-3-7-13-27/h4-5,8-9,17,19H,2-3,6-7,10-16H2,1H3. The summed E-state index contributed by atoms with van der Waals surface area (Å²) in [5.41, 5.74) is 2.28. The monoisotopic (exact) mass is 441 g/mol. The molecule has 0 spiro atoms. The van der Waals surface area contributed by atoms with Gasteiger partial charge in [0, 0.05) is 32.1 Å². The van der Waals surface area contributed by atoms with Crippen LogP contribution in [0.2, 0.25) is 0 Å². The summed E-state index contributed by atoms with van der Waals surface area (Å²) in [7, 11) is 0. The maximum absolute atomic E-state index is 12.8. The molecule has 0 N–H and O–H groups in total. The Bertz CT molecular complexity index is 901. The normalized spacial score (nSPS) is 17.7. The first-order valence-corrected chi connectivity index (χ1v) is 12.3. The molecule has 0 atom stereocenters. The SMILES string of the molecule is CCc1ccccc1-n1cnnc1SCC(=O)N1CCC(C(=O)N2CCCCC2)CC1. The number of hydrogen-bond acceptors (Lipinski definition) is 5. The van der Waals surface area contributed by atoms with E-state index >= 15 is 0 Å². The zero-order valence-corrected chi connectivity index (χ0v) is 19.0. The van der Waals surface area contributed by atoms with E-state index in [9.17, 15) is 9.59 Å². The highest BCUT2D eigenvalue weighted by molar-refractivity contribution is 7.99. The van der Waals surface area contributed by atoms with Crippen molar-refractivity contribution in [2.75, 3.05) is 31.9 Å². The van der Waals surface area contributed by atoms with Crippen molar-refractivity contribution in [1.82, 2.24) is 24.6 Å². The summed E-state index contributed by atoms with van der Waals surface area (Å²) in [4.78, 5) is 29.5. The molecule has 4 rings (SSSR count). The molecule has 0 bridgehead atoms. The summed E-state index contributed by atoms with van der Waals surface area (Å²) in [5.74, 6) is 0.803. The van der Waals surface area contributed by atoms with Gasteiger partial charge in [0.1, 0.15) is 6.33 Å². The van der Waals surface area contributed by atoms with Gasteiger partial charge >= 0.3 is 0 Å². The quantitative estimate of drug-likeness (QED) is 0.644. The topological polar surface area (TPSA) is 71.3 Å². The highest BCUT2D eigenvalue weighted by Gasteiger charge is 2.30. The van der Waals surface area contributed by atoms with Crippen LogP contribution in [-0.2, 0) is 16.0 Å². The Labute approximate surface area is 188 Å². The number of carbonyl (C=O) groups excluding carboxylic acids is 2. The van der Waals surface area contributed by atoms with Crippen LogP contribution in [-0.4, -0.2) is 68.3 Å². The fourth-order valence-electron chi connectivity index (χ4n) is 4.50. The Balaban J connectivity index is 1.30. The highest BCUT2D eigenvalue weighted by atomic mass is 32.2. The average molecular weight is 442 g/mol. The van der Waals surface area contributed by atoms with E-state index in [1.54, 1.807) is 6.33 Å². The van der Waals surface area contributed by atoms with Gasteiger partial charge in [0.05, 0.1) is 11.4 Å². The molecule has 0 saturated carbocycles. The summed E-state index contributed by atoms with van der Waals surface area (Å²) in [6.07, 6.45) is 7.63. The van der Waals surface area contributed by atoms with E-state index in [1.807, 2.05) is 26.5 Å². The van der Waals surface area contributed by atoms with Crippen molar-refractivity contribution in [2.24, 2.45) is 5.92 Å². The number of rotatable bonds is 6. The van der Waals surface area contributed by atoms with Gasteiger partial charge in [-0.25, -0.2) is 0 Å². The number of carbonyl (C=O) groups is 2. The molecule has 1 aromatic heterocycles. The van der Waals surface area contributed by atoms with Gasteiger partial charge in [-0.15, -0.1) is 10.2 Å². The Morgan fingerprint density at radius 1 is 1.03 bits per heavy atom. The van der Waals surface area contributed by atoms with Crippen molar-refractivity contribution in [3.8, 4) is 5.69 Å². The summed E-state index contributed by atoms with van der Waals surface area (Å²) >= 11 is 1.42. The Morgan fingerprint density at radius 3 is 2.52 bits per heavy atom. The number of likely N-dealkylation sites (tertiary alicyclic amines) is 2. The lowest BCUT2D eigenvalue weighted by molar-refractivity contribution is -0.140. The van der Waals surface area contributed by atoms with E-state index in [0.29, 0.717) is 24.7 Å². The van der Waals surface area contributed by atoms with Gasteiger partial charge in [-0.1, -0.05) is 36.9 Å². The summed E-state index contributed by atoms with van der Waals surface area (Å²) in [6, 6.07) is 8.19. The predicted molar refractivity (Wildman–Crippen MR) is 121 cm³/mol. The van der Waals surface area contributed by atoms with Crippen molar-refractivity contribution in [1.29, 1.82) is 0 Å². The Kier molecular flexibility index (Phi) is 7.27. The van der Waals surface area contributed by atoms with Gasteiger partial charge in [0.15, 0.2) is 5.16 Å². The number of aromatic nitrogens is 3. The van der Waals surface area contributed by atoms with Crippen LogP contribution < -0.4 is 0 Å². The van der Waals surface area contributed by atoms with Crippen LogP contribution in [0.5, 0.6) is 0 Å². The number of amides is 2. The molecule has 7 nitrogen and oxygen atoms in total. The minimum atomic E-state index is 0.0726. The second-order valence-corrected chi connectivity index (χ2v) is 9.24. The number of nitrogens with zero attached hydrogens (tertiary/aromatic N) is 5. The van der Waals surface area contributed by atoms with Crippen LogP contribution in [0.15, 0.2) is 35.7 Å². The smallest absolute Gasteiger partial charge is 0.233 e. The number of para-hydroxylation sites is 1. The first kappa shape index (κ1) is 21.9. The molecule has 2 saturated heterocycles. The molecular weight excluding hydrogens is 410 g/mol. The van der Waals surface area contributed by atoms with E-state index < -0.39 is 0 Å². The number of piperidine rings is 2. The van der Waals surface area contributed by atoms with Crippen LogP contribution in [0.4, 0.5) is 0 Å². The molecule has 1 aromatic carbocycles. The number of aryl methyl sites for hydroxylation is 1. The van der Waals surface area contributed by atoms with Crippen molar-refractivity contribution in [3.05, 3.63) is 36.2 Å². The van der Waals surface area contributed by atoms with Gasteiger partial charge in [0.25, 0.3) is 0 Å². The van der Waals surface area contributed by atoms with E-state index in [2.05, 4.69) is 29.3 Å². The van der Waals surface area contributed by atoms with Crippen LogP contribution >= 0.6 is 11.8 Å². The molecule has 8 heteroatoms. The van der Waals surface area contributed by atoms with Crippen LogP contribution in [0.25, 0.3) is 5.69 Å². The fraction of sp³-hybridized carbons (Fsp3) is 0.565. The lowest BCUT2D eigenvalue weighted by atomic mass is 9.94. The van der Waals surface area contributed by atoms with Crippen molar-refractivity contribution >= 4 is 23.6 Å². The average Bonchev–Trinajstić information content (AvgIpc) is 3.31. The number of benzene rings is 1. The molecule has 2 amide bonds. The zero-order valence-electron chi connectivity index (χ0n) is 18.2. The molecule has 2 aromatic rings. The first-order chi connectivity index (χ1) is 15.2. The van der Waals surface area contributed by atoms with Crippen molar-refractivity contribution < 1.29 is 9.59 Å². The predicted octanol–water partition coefficient (Wildman–Crippen LogP) is 3.17. The maximum Gasteiger partial charge on any atom is 0.233 e. The zero-order chi connectivity index (χ0) is 21.6. The van der Waals surface area contributed by atoms with Crippen molar-refractivity contribution in [3.63, 3.8) is 0 Å². The van der Waals surface area contributed by atoms with E-state index in [-0.39, 0.29) is 11.8 Å². The minimum absolute atomic E-state index is 0.0726. The third kappa shape index (κ3) is 5.11. The van der Waals surface area contributed by atoms with E-state index in [0.717, 1.165) is 56.0 Å². The summed E-state index contributed by atoms with van der Waals surface area (Å²) < 4.78 is 1.96. The highest BCUT2D eigenvalue weighted by Crippen LogP contribution is 2.25. The van der Waals surface area contributed by atoms with Gasteiger partial charge < -0.3 is 9.80 Å². The minimum Gasteiger partial charge on any atom is -0.342 e. The summed E-state index contributed by atoms with van der Waals surface area (Å²) in [6.45, 7) is 5.25. The maximum atomic E-state index is 12.8. The Hall–Kier alpha value is -2.35. The van der Waals surface area contributed by atoms with Crippen LogP contribution in [0.1, 0.15) is 44.6 Å². The number of thioether (sulfide) groups is 1. The second kappa shape index (κ2) is 10.3. The Morgan fingerprint density at radius 2 is 1.77 bits per heavy atom. The van der Waals surface area contributed by atoms with E-state index in [4.69, 9.17) is 0 Å². The molecule has 0 radical (unpaired) electrons. The van der Waals surface area contributed by atoms with Gasteiger partial charge in [-0.3, -0.25) is 14.2 Å². The third-order valence-corrected chi connectivity index (χ3v) is 7.27. The van der Waals surface area contributed by atoms with Crippen LogP contribution in [0, 0.1) is 5.92 Å². The molecular formula is C23H31N5O2S. The largest absolute Gasteiger partial charge is 0.342 e. The van der Waals surface area contributed by atoms with Gasteiger partial charge in [0.2, 0.25) is 11.8 Å². The lowest BCUT2D eigenvalue weighted by Crippen LogP contribution is -2.46. The van der Waals surface area contributed by atoms with E-state index in [1.165, 1.54) is 23.7 Å². The molecule has 31 heavy (non-hydrogen) atoms. The summed E-state index contributed by atoms with van der Waals surface area (Å²) in [5, 5.41) is 9.02.